The van der Waals surface area contributed by atoms with Gasteiger partial charge in [0, 0.05) is 18.2 Å². The molecule has 2 aromatic carbocycles. The molecule has 1 atom stereocenters. The van der Waals surface area contributed by atoms with Gasteiger partial charge in [-0.25, -0.2) is 4.39 Å². The minimum atomic E-state index is -0.293. The van der Waals surface area contributed by atoms with E-state index in [9.17, 15) is 9.18 Å². The van der Waals surface area contributed by atoms with Crippen LogP contribution in [0.2, 0.25) is 0 Å². The molecule has 1 aromatic heterocycles. The average Bonchev–Trinajstić information content (AvgIpc) is 3.02. The van der Waals surface area contributed by atoms with Gasteiger partial charge in [0.1, 0.15) is 5.82 Å². The Balaban J connectivity index is 1.75. The zero-order valence-corrected chi connectivity index (χ0v) is 15.8. The van der Waals surface area contributed by atoms with Gasteiger partial charge in [-0.3, -0.25) is 4.79 Å². The number of halogens is 1. The summed E-state index contributed by atoms with van der Waals surface area (Å²) >= 11 is 1.37. The molecule has 0 bridgehead atoms. The Labute approximate surface area is 156 Å². The lowest BCUT2D eigenvalue weighted by Gasteiger charge is -2.10. The molecule has 26 heavy (non-hydrogen) atoms. The second kappa shape index (κ2) is 7.83. The van der Waals surface area contributed by atoms with Crippen LogP contribution in [0, 0.1) is 5.82 Å². The number of thioether (sulfide) groups is 1. The fraction of sp³-hybridized carbons (Fsp3) is 0.250. The van der Waals surface area contributed by atoms with Crippen molar-refractivity contribution in [3.8, 4) is 11.4 Å². The molecule has 3 aromatic rings. The minimum Gasteiger partial charge on any atom is -0.305 e. The zero-order valence-electron chi connectivity index (χ0n) is 14.9. The Morgan fingerprint density at radius 1 is 1.12 bits per heavy atom. The van der Waals surface area contributed by atoms with E-state index in [4.69, 9.17) is 0 Å². The van der Waals surface area contributed by atoms with Crippen LogP contribution in [0.25, 0.3) is 11.4 Å². The van der Waals surface area contributed by atoms with Gasteiger partial charge in [0.15, 0.2) is 16.8 Å². The highest BCUT2D eigenvalue weighted by molar-refractivity contribution is 8.00. The Bertz CT molecular complexity index is 904. The van der Waals surface area contributed by atoms with E-state index in [1.165, 1.54) is 29.5 Å². The summed E-state index contributed by atoms with van der Waals surface area (Å²) in [5.74, 6) is 0.405. The van der Waals surface area contributed by atoms with Crippen molar-refractivity contribution in [3.05, 3.63) is 65.5 Å². The van der Waals surface area contributed by atoms with E-state index >= 15 is 0 Å². The summed E-state index contributed by atoms with van der Waals surface area (Å²) in [5, 5.41) is 8.73. The molecule has 0 saturated carbocycles. The van der Waals surface area contributed by atoms with Crippen LogP contribution >= 0.6 is 11.8 Å². The monoisotopic (exact) mass is 369 g/mol. The van der Waals surface area contributed by atoms with Crippen molar-refractivity contribution in [2.75, 3.05) is 0 Å². The van der Waals surface area contributed by atoms with E-state index in [2.05, 4.69) is 17.1 Å². The predicted molar refractivity (Wildman–Crippen MR) is 102 cm³/mol. The van der Waals surface area contributed by atoms with Gasteiger partial charge < -0.3 is 4.57 Å². The van der Waals surface area contributed by atoms with Crippen LogP contribution in [-0.4, -0.2) is 25.8 Å². The Kier molecular flexibility index (Phi) is 5.52. The number of nitrogens with zero attached hydrogens (tertiary/aromatic N) is 3. The second-order valence-electron chi connectivity index (χ2n) is 6.05. The van der Waals surface area contributed by atoms with Crippen molar-refractivity contribution in [3.63, 3.8) is 0 Å². The molecule has 0 aliphatic rings. The molecule has 0 saturated heterocycles. The van der Waals surface area contributed by atoms with Crippen LogP contribution in [-0.2, 0) is 13.5 Å². The maximum Gasteiger partial charge on any atom is 0.191 e. The van der Waals surface area contributed by atoms with Crippen molar-refractivity contribution in [2.45, 2.75) is 30.7 Å². The number of carbonyl (C=O) groups excluding carboxylic acids is 1. The van der Waals surface area contributed by atoms with Gasteiger partial charge >= 0.3 is 0 Å². The van der Waals surface area contributed by atoms with Gasteiger partial charge in [0.25, 0.3) is 0 Å². The number of hydrogen-bond acceptors (Lipinski definition) is 4. The fourth-order valence-electron chi connectivity index (χ4n) is 2.62. The molecule has 0 N–H and O–H groups in total. The van der Waals surface area contributed by atoms with Crippen LogP contribution in [0.15, 0.2) is 53.7 Å². The van der Waals surface area contributed by atoms with E-state index in [1.807, 2.05) is 42.8 Å². The standard InChI is InChI=1S/C20H20FN3OS/c1-4-14-5-7-15(8-6-14)18(25)13(2)26-20-23-22-19(24(20)3)16-9-11-17(21)12-10-16/h5-13H,4H2,1-3H3/t13-/m1/s1. The van der Waals surface area contributed by atoms with Crippen molar-refractivity contribution < 1.29 is 9.18 Å². The first kappa shape index (κ1) is 18.3. The Morgan fingerprint density at radius 2 is 1.77 bits per heavy atom. The van der Waals surface area contributed by atoms with Gasteiger partial charge in [0.05, 0.1) is 5.25 Å². The van der Waals surface area contributed by atoms with E-state index < -0.39 is 0 Å². The van der Waals surface area contributed by atoms with Gasteiger partial charge in [0.2, 0.25) is 0 Å². The van der Waals surface area contributed by atoms with Crippen molar-refractivity contribution >= 4 is 17.5 Å². The predicted octanol–water partition coefficient (Wildman–Crippen LogP) is 4.55. The number of ketones is 1. The molecular formula is C20H20FN3OS. The van der Waals surface area contributed by atoms with E-state index in [0.717, 1.165) is 12.0 Å². The van der Waals surface area contributed by atoms with Crippen LogP contribution in [0.1, 0.15) is 29.8 Å². The van der Waals surface area contributed by atoms with Crippen molar-refractivity contribution in [1.29, 1.82) is 0 Å². The molecule has 0 fully saturated rings. The van der Waals surface area contributed by atoms with Gasteiger partial charge in [-0.1, -0.05) is 43.0 Å². The molecule has 1 heterocycles. The molecule has 0 amide bonds. The first-order valence-electron chi connectivity index (χ1n) is 8.44. The SMILES string of the molecule is CCc1ccc(C(=O)[C@@H](C)Sc2nnc(-c3ccc(F)cc3)n2C)cc1. The van der Waals surface area contributed by atoms with E-state index in [1.54, 1.807) is 12.1 Å². The number of hydrogen-bond donors (Lipinski definition) is 0. The van der Waals surface area contributed by atoms with Gasteiger partial charge in [-0.2, -0.15) is 0 Å². The summed E-state index contributed by atoms with van der Waals surface area (Å²) in [6.45, 7) is 3.95. The summed E-state index contributed by atoms with van der Waals surface area (Å²) in [5.41, 5.74) is 2.68. The summed E-state index contributed by atoms with van der Waals surface area (Å²) < 4.78 is 14.9. The quantitative estimate of drug-likeness (QED) is 0.472. The lowest BCUT2D eigenvalue weighted by Crippen LogP contribution is -2.14. The average molecular weight is 369 g/mol. The third kappa shape index (κ3) is 3.85. The first-order chi connectivity index (χ1) is 12.5. The van der Waals surface area contributed by atoms with E-state index in [-0.39, 0.29) is 16.9 Å². The lowest BCUT2D eigenvalue weighted by molar-refractivity contribution is 0.0994. The molecule has 4 nitrogen and oxygen atoms in total. The largest absolute Gasteiger partial charge is 0.305 e. The summed E-state index contributed by atoms with van der Waals surface area (Å²) in [4.78, 5) is 12.7. The van der Waals surface area contributed by atoms with Gasteiger partial charge in [-0.15, -0.1) is 10.2 Å². The van der Waals surface area contributed by atoms with Crippen LogP contribution in [0.4, 0.5) is 4.39 Å². The topological polar surface area (TPSA) is 47.8 Å². The maximum absolute atomic E-state index is 13.1. The Hall–Kier alpha value is -2.47. The zero-order chi connectivity index (χ0) is 18.7. The number of rotatable bonds is 6. The highest BCUT2D eigenvalue weighted by Crippen LogP contribution is 2.27. The number of benzene rings is 2. The number of aromatic nitrogens is 3. The molecule has 6 heteroatoms. The van der Waals surface area contributed by atoms with Crippen molar-refractivity contribution in [2.24, 2.45) is 7.05 Å². The third-order valence-electron chi connectivity index (χ3n) is 4.24. The highest BCUT2D eigenvalue weighted by Gasteiger charge is 2.20. The van der Waals surface area contributed by atoms with Gasteiger partial charge in [-0.05, 0) is 43.2 Å². The molecule has 3 rings (SSSR count). The third-order valence-corrected chi connectivity index (χ3v) is 5.37. The summed E-state index contributed by atoms with van der Waals surface area (Å²) in [6.07, 6.45) is 0.948. The number of Topliss-reactive ketones (excluding diaryl/α,β-unsaturated/α-hetero) is 1. The summed E-state index contributed by atoms with van der Waals surface area (Å²) in [7, 11) is 1.84. The van der Waals surface area contributed by atoms with Crippen LogP contribution in [0.3, 0.4) is 0 Å². The minimum absolute atomic E-state index is 0.0592. The van der Waals surface area contributed by atoms with Crippen LogP contribution < -0.4 is 0 Å². The first-order valence-corrected chi connectivity index (χ1v) is 9.32. The number of carbonyl (C=O) groups is 1. The molecular weight excluding hydrogens is 349 g/mol. The van der Waals surface area contributed by atoms with Crippen molar-refractivity contribution in [1.82, 2.24) is 14.8 Å². The highest BCUT2D eigenvalue weighted by atomic mass is 32.2. The smallest absolute Gasteiger partial charge is 0.191 e. The Morgan fingerprint density at radius 3 is 2.38 bits per heavy atom. The second-order valence-corrected chi connectivity index (χ2v) is 7.35. The molecule has 134 valence electrons. The normalized spacial score (nSPS) is 12.2. The summed E-state index contributed by atoms with van der Waals surface area (Å²) in [6, 6.07) is 13.8. The molecule has 0 aliphatic heterocycles. The number of aryl methyl sites for hydroxylation is 1. The maximum atomic E-state index is 13.1. The molecule has 0 aliphatic carbocycles. The fourth-order valence-corrected chi connectivity index (χ4v) is 3.51. The molecule has 0 radical (unpaired) electrons. The van der Waals surface area contributed by atoms with Crippen LogP contribution in [0.5, 0.6) is 0 Å². The lowest BCUT2D eigenvalue weighted by atomic mass is 10.1. The molecule has 0 unspecified atom stereocenters. The van der Waals surface area contributed by atoms with E-state index in [0.29, 0.717) is 16.5 Å². The molecule has 0 spiro atoms.